The van der Waals surface area contributed by atoms with Crippen LogP contribution in [0.5, 0.6) is 0 Å². The predicted octanol–water partition coefficient (Wildman–Crippen LogP) is 5.22. The highest BCUT2D eigenvalue weighted by molar-refractivity contribution is 5.90. The van der Waals surface area contributed by atoms with Gasteiger partial charge in [0, 0.05) is 29.6 Å². The number of hydrogen-bond acceptors (Lipinski definition) is 4. The van der Waals surface area contributed by atoms with Crippen LogP contribution in [0.1, 0.15) is 31.5 Å². The van der Waals surface area contributed by atoms with Crippen molar-refractivity contribution in [3.63, 3.8) is 0 Å². The number of carbonyl (C=O) groups excluding carboxylic acids is 1. The van der Waals surface area contributed by atoms with Crippen molar-refractivity contribution in [2.75, 3.05) is 11.9 Å². The molecule has 0 radical (unpaired) electrons. The molecule has 1 aromatic carbocycles. The topological polar surface area (TPSA) is 79.8 Å². The first-order valence-corrected chi connectivity index (χ1v) is 9.92. The zero-order valence-corrected chi connectivity index (χ0v) is 18.0. The van der Waals surface area contributed by atoms with Gasteiger partial charge in [0.1, 0.15) is 11.5 Å². The Morgan fingerprint density at radius 2 is 1.90 bits per heavy atom. The largest absolute Gasteiger partial charge is 0.338 e. The van der Waals surface area contributed by atoms with Crippen LogP contribution in [-0.2, 0) is 0 Å². The number of nitrogens with zero attached hydrogens (tertiary/aromatic N) is 3. The van der Waals surface area contributed by atoms with Crippen molar-refractivity contribution in [1.82, 2.24) is 20.5 Å². The number of anilines is 1. The van der Waals surface area contributed by atoms with E-state index in [1.807, 2.05) is 25.1 Å². The average Bonchev–Trinajstić information content (AvgIpc) is 2.69. The molecule has 0 fully saturated rings. The molecule has 2 N–H and O–H groups in total. The lowest BCUT2D eigenvalue weighted by Gasteiger charge is -2.15. The zero-order chi connectivity index (χ0) is 22.6. The summed E-state index contributed by atoms with van der Waals surface area (Å²) in [6.07, 6.45) is 3.52. The SMILES string of the molecule is Cc1cc(-c2cnnc(-c3cc(NC(=O)NCCC(C)(C)F)c(F)cc3C)c2)ccn1. The third-order valence-corrected chi connectivity index (χ3v) is 4.73. The van der Waals surface area contributed by atoms with Gasteiger partial charge in [0.15, 0.2) is 0 Å². The number of rotatable bonds is 6. The third kappa shape index (κ3) is 6.04. The van der Waals surface area contributed by atoms with Crippen LogP contribution in [-0.4, -0.2) is 33.4 Å². The minimum absolute atomic E-state index is 0.00423. The van der Waals surface area contributed by atoms with Crippen LogP contribution in [0.4, 0.5) is 19.3 Å². The second kappa shape index (κ2) is 9.16. The van der Waals surface area contributed by atoms with E-state index in [0.717, 1.165) is 16.8 Å². The molecule has 31 heavy (non-hydrogen) atoms. The summed E-state index contributed by atoms with van der Waals surface area (Å²) in [5.74, 6) is -0.573. The number of alkyl halides is 1. The van der Waals surface area contributed by atoms with Crippen molar-refractivity contribution < 1.29 is 13.6 Å². The molecule has 0 bridgehead atoms. The summed E-state index contributed by atoms with van der Waals surface area (Å²) in [5, 5.41) is 13.3. The molecule has 0 aliphatic carbocycles. The number of benzene rings is 1. The van der Waals surface area contributed by atoms with Crippen LogP contribution in [0, 0.1) is 19.7 Å². The normalized spacial score (nSPS) is 11.3. The molecule has 0 saturated heterocycles. The highest BCUT2D eigenvalue weighted by Crippen LogP contribution is 2.30. The van der Waals surface area contributed by atoms with Gasteiger partial charge in [-0.2, -0.15) is 10.2 Å². The Hall–Kier alpha value is -3.42. The number of aromatic nitrogens is 3. The maximum Gasteiger partial charge on any atom is 0.319 e. The number of urea groups is 1. The Morgan fingerprint density at radius 1 is 1.13 bits per heavy atom. The van der Waals surface area contributed by atoms with Gasteiger partial charge in [-0.3, -0.25) is 4.98 Å². The predicted molar refractivity (Wildman–Crippen MR) is 117 cm³/mol. The van der Waals surface area contributed by atoms with Crippen LogP contribution in [0.2, 0.25) is 0 Å². The van der Waals surface area contributed by atoms with Crippen molar-refractivity contribution in [2.45, 2.75) is 39.8 Å². The van der Waals surface area contributed by atoms with E-state index in [9.17, 15) is 13.6 Å². The summed E-state index contributed by atoms with van der Waals surface area (Å²) in [6, 6.07) is 7.92. The molecule has 3 aromatic rings. The van der Waals surface area contributed by atoms with E-state index < -0.39 is 17.5 Å². The number of carbonyl (C=O) groups is 1. The quantitative estimate of drug-likeness (QED) is 0.567. The van der Waals surface area contributed by atoms with E-state index in [1.54, 1.807) is 19.3 Å². The van der Waals surface area contributed by atoms with Crippen molar-refractivity contribution >= 4 is 11.7 Å². The number of nitrogens with one attached hydrogen (secondary N) is 2. The summed E-state index contributed by atoms with van der Waals surface area (Å²) in [4.78, 5) is 16.3. The molecule has 2 amide bonds. The second-order valence-electron chi connectivity index (χ2n) is 8.01. The van der Waals surface area contributed by atoms with Crippen molar-refractivity contribution in [1.29, 1.82) is 0 Å². The molecular weight excluding hydrogens is 400 g/mol. The highest BCUT2D eigenvalue weighted by atomic mass is 19.1. The van der Waals surface area contributed by atoms with Crippen LogP contribution >= 0.6 is 0 Å². The smallest absolute Gasteiger partial charge is 0.319 e. The summed E-state index contributed by atoms with van der Waals surface area (Å²) < 4.78 is 28.0. The van der Waals surface area contributed by atoms with E-state index in [4.69, 9.17) is 0 Å². The Kier molecular flexibility index (Phi) is 6.58. The minimum atomic E-state index is -1.40. The van der Waals surface area contributed by atoms with E-state index in [2.05, 4.69) is 25.8 Å². The molecule has 2 heterocycles. The molecule has 0 aliphatic rings. The number of halogens is 2. The highest BCUT2D eigenvalue weighted by Gasteiger charge is 2.17. The molecule has 0 spiro atoms. The summed E-state index contributed by atoms with van der Waals surface area (Å²) >= 11 is 0. The molecule has 2 aromatic heterocycles. The van der Waals surface area contributed by atoms with Crippen molar-refractivity contribution in [2.24, 2.45) is 0 Å². The number of hydrogen-bond donors (Lipinski definition) is 2. The van der Waals surface area contributed by atoms with Gasteiger partial charge >= 0.3 is 6.03 Å². The van der Waals surface area contributed by atoms with Crippen LogP contribution < -0.4 is 10.6 Å². The van der Waals surface area contributed by atoms with Gasteiger partial charge in [-0.05, 0) is 75.6 Å². The first-order valence-electron chi connectivity index (χ1n) is 9.92. The van der Waals surface area contributed by atoms with Gasteiger partial charge in [0.25, 0.3) is 0 Å². The molecule has 0 unspecified atom stereocenters. The van der Waals surface area contributed by atoms with Crippen molar-refractivity contribution in [3.8, 4) is 22.4 Å². The maximum absolute atomic E-state index is 14.5. The molecule has 0 saturated carbocycles. The number of amides is 2. The van der Waals surface area contributed by atoms with E-state index in [-0.39, 0.29) is 18.7 Å². The lowest BCUT2D eigenvalue weighted by molar-refractivity contribution is 0.200. The molecule has 8 heteroatoms. The fraction of sp³-hybridized carbons (Fsp3) is 0.304. The number of pyridine rings is 1. The fourth-order valence-electron chi connectivity index (χ4n) is 3.07. The fourth-order valence-corrected chi connectivity index (χ4v) is 3.07. The molecule has 162 valence electrons. The first-order chi connectivity index (χ1) is 14.6. The lowest BCUT2D eigenvalue weighted by Crippen LogP contribution is -2.32. The van der Waals surface area contributed by atoms with E-state index >= 15 is 0 Å². The minimum Gasteiger partial charge on any atom is -0.338 e. The Morgan fingerprint density at radius 3 is 2.61 bits per heavy atom. The van der Waals surface area contributed by atoms with Gasteiger partial charge in [-0.1, -0.05) is 0 Å². The average molecular weight is 425 g/mol. The van der Waals surface area contributed by atoms with Gasteiger partial charge in [0.05, 0.1) is 17.6 Å². The van der Waals surface area contributed by atoms with Gasteiger partial charge in [0.2, 0.25) is 0 Å². The molecule has 0 atom stereocenters. The zero-order valence-electron chi connectivity index (χ0n) is 18.0. The number of aryl methyl sites for hydroxylation is 2. The Bertz CT molecular complexity index is 1100. The molecule has 3 rings (SSSR count). The molecule has 0 aliphatic heterocycles. The summed E-state index contributed by atoms with van der Waals surface area (Å²) in [7, 11) is 0. The van der Waals surface area contributed by atoms with E-state index in [0.29, 0.717) is 16.8 Å². The monoisotopic (exact) mass is 425 g/mol. The van der Waals surface area contributed by atoms with Crippen LogP contribution in [0.25, 0.3) is 22.4 Å². The van der Waals surface area contributed by atoms with E-state index in [1.165, 1.54) is 26.0 Å². The second-order valence-corrected chi connectivity index (χ2v) is 8.01. The summed E-state index contributed by atoms with van der Waals surface area (Å²) in [6.45, 7) is 6.66. The van der Waals surface area contributed by atoms with Crippen LogP contribution in [0.15, 0.2) is 42.7 Å². The van der Waals surface area contributed by atoms with Gasteiger partial charge in [-0.25, -0.2) is 13.6 Å². The van der Waals surface area contributed by atoms with Crippen molar-refractivity contribution in [3.05, 3.63) is 59.8 Å². The summed E-state index contributed by atoms with van der Waals surface area (Å²) in [5.41, 5.74) is 3.12. The van der Waals surface area contributed by atoms with Gasteiger partial charge in [-0.15, -0.1) is 0 Å². The first kappa shape index (κ1) is 22.3. The standard InChI is InChI=1S/C23H25F2N5O/c1-14-9-19(24)21(29-22(31)27-8-6-23(3,4)25)12-18(14)20-11-17(13-28-30-20)16-5-7-26-15(2)10-16/h5,7,9-13H,6,8H2,1-4H3,(H2,27,29,31). The van der Waals surface area contributed by atoms with Gasteiger partial charge < -0.3 is 10.6 Å². The Balaban J connectivity index is 1.84. The van der Waals surface area contributed by atoms with Crippen LogP contribution in [0.3, 0.4) is 0 Å². The molecular formula is C23H25F2N5O. The lowest BCUT2D eigenvalue weighted by atomic mass is 10.0. The maximum atomic E-state index is 14.5. The Labute approximate surface area is 180 Å². The third-order valence-electron chi connectivity index (χ3n) is 4.73. The molecule has 6 nitrogen and oxygen atoms in total.